The van der Waals surface area contributed by atoms with E-state index in [1.807, 2.05) is 11.8 Å². The number of aromatic nitrogens is 2. The predicted molar refractivity (Wildman–Crippen MR) is 63.5 cm³/mol. The maximum absolute atomic E-state index is 11.4. The molecule has 6 nitrogen and oxygen atoms in total. The maximum atomic E-state index is 11.4. The van der Waals surface area contributed by atoms with E-state index in [9.17, 15) is 4.79 Å². The van der Waals surface area contributed by atoms with Gasteiger partial charge >= 0.3 is 0 Å². The lowest BCUT2D eigenvalue weighted by Gasteiger charge is -2.38. The molecule has 0 aromatic carbocycles. The minimum Gasteiger partial charge on any atom is -0.394 e. The largest absolute Gasteiger partial charge is 0.394 e. The third-order valence-electron chi connectivity index (χ3n) is 2.76. The molecule has 0 bridgehead atoms. The van der Waals surface area contributed by atoms with E-state index in [2.05, 4.69) is 9.97 Å². The molecular weight excluding hydrogens is 246 g/mol. The van der Waals surface area contributed by atoms with Gasteiger partial charge in [0.15, 0.2) is 5.82 Å². The number of morpholine rings is 1. The summed E-state index contributed by atoms with van der Waals surface area (Å²) < 4.78 is 5.41. The molecule has 94 valence electrons. The van der Waals surface area contributed by atoms with Crippen LogP contribution in [0.4, 0.5) is 5.82 Å². The molecule has 0 aliphatic carbocycles. The van der Waals surface area contributed by atoms with E-state index in [-0.39, 0.29) is 29.3 Å². The summed E-state index contributed by atoms with van der Waals surface area (Å²) in [7, 11) is 0. The molecule has 1 aliphatic rings. The lowest BCUT2D eigenvalue weighted by Crippen LogP contribution is -2.50. The van der Waals surface area contributed by atoms with Crippen LogP contribution in [0.2, 0.25) is 5.02 Å². The molecule has 1 aliphatic heterocycles. The van der Waals surface area contributed by atoms with E-state index in [1.165, 1.54) is 6.33 Å². The van der Waals surface area contributed by atoms with Crippen molar-refractivity contribution in [1.29, 1.82) is 0 Å². The lowest BCUT2D eigenvalue weighted by atomic mass is 10.2. The van der Waals surface area contributed by atoms with Gasteiger partial charge in [0, 0.05) is 6.54 Å². The highest BCUT2D eigenvalue weighted by atomic mass is 35.5. The number of anilines is 1. The van der Waals surface area contributed by atoms with Crippen LogP contribution in [0.1, 0.15) is 6.92 Å². The summed E-state index contributed by atoms with van der Waals surface area (Å²) in [5.74, 6) is 0.435. The van der Waals surface area contributed by atoms with Crippen LogP contribution in [0, 0.1) is 0 Å². The number of aliphatic hydroxyl groups is 1. The number of nitrogens with zero attached hydrogens (tertiary/aromatic N) is 2. The second kappa shape index (κ2) is 5.03. The highest BCUT2D eigenvalue weighted by Crippen LogP contribution is 2.23. The summed E-state index contributed by atoms with van der Waals surface area (Å²) in [4.78, 5) is 19.8. The van der Waals surface area contributed by atoms with Crippen molar-refractivity contribution >= 4 is 17.4 Å². The van der Waals surface area contributed by atoms with Crippen molar-refractivity contribution in [3.05, 3.63) is 21.7 Å². The van der Waals surface area contributed by atoms with Crippen LogP contribution in [0.5, 0.6) is 0 Å². The van der Waals surface area contributed by atoms with Gasteiger partial charge in [-0.3, -0.25) is 4.79 Å². The van der Waals surface area contributed by atoms with Crippen LogP contribution in [-0.2, 0) is 4.74 Å². The molecule has 2 heterocycles. The molecule has 1 aromatic heterocycles. The highest BCUT2D eigenvalue weighted by Gasteiger charge is 2.28. The molecule has 0 saturated carbocycles. The number of hydrogen-bond acceptors (Lipinski definition) is 5. The number of hydrogen-bond donors (Lipinski definition) is 2. The Kier molecular flexibility index (Phi) is 3.66. The van der Waals surface area contributed by atoms with Crippen molar-refractivity contribution in [3.63, 3.8) is 0 Å². The molecule has 2 unspecified atom stereocenters. The first-order chi connectivity index (χ1) is 8.13. The van der Waals surface area contributed by atoms with Gasteiger partial charge in [-0.15, -0.1) is 0 Å². The Morgan fingerprint density at radius 3 is 3.24 bits per heavy atom. The number of rotatable bonds is 2. The molecule has 17 heavy (non-hydrogen) atoms. The van der Waals surface area contributed by atoms with Gasteiger partial charge in [0.05, 0.1) is 31.7 Å². The Morgan fingerprint density at radius 1 is 1.76 bits per heavy atom. The number of aromatic amines is 1. The second-order valence-corrected chi connectivity index (χ2v) is 4.39. The first-order valence-electron chi connectivity index (χ1n) is 5.35. The van der Waals surface area contributed by atoms with Crippen molar-refractivity contribution in [2.24, 2.45) is 0 Å². The van der Waals surface area contributed by atoms with Gasteiger partial charge in [-0.2, -0.15) is 0 Å². The zero-order valence-corrected chi connectivity index (χ0v) is 10.1. The fourth-order valence-electron chi connectivity index (χ4n) is 1.80. The normalized spacial score (nSPS) is 25.0. The third kappa shape index (κ3) is 2.43. The van der Waals surface area contributed by atoms with E-state index in [0.29, 0.717) is 19.0 Å². The Balaban J connectivity index is 2.31. The molecule has 1 aromatic rings. The van der Waals surface area contributed by atoms with Crippen molar-refractivity contribution in [2.75, 3.05) is 24.7 Å². The van der Waals surface area contributed by atoms with E-state index in [1.54, 1.807) is 0 Å². The number of nitrogens with one attached hydrogen (secondary N) is 1. The first kappa shape index (κ1) is 12.3. The van der Waals surface area contributed by atoms with Crippen molar-refractivity contribution in [2.45, 2.75) is 19.1 Å². The van der Waals surface area contributed by atoms with Gasteiger partial charge in [0.25, 0.3) is 5.56 Å². The Labute approximate surface area is 103 Å². The minimum absolute atomic E-state index is 0.0598. The zero-order valence-electron chi connectivity index (χ0n) is 9.39. The van der Waals surface area contributed by atoms with Crippen LogP contribution in [0.3, 0.4) is 0 Å². The molecule has 1 fully saturated rings. The molecule has 1 saturated heterocycles. The summed E-state index contributed by atoms with van der Waals surface area (Å²) in [6.45, 7) is 2.82. The van der Waals surface area contributed by atoms with E-state index < -0.39 is 0 Å². The zero-order chi connectivity index (χ0) is 12.4. The van der Waals surface area contributed by atoms with Gasteiger partial charge in [0.2, 0.25) is 0 Å². The van der Waals surface area contributed by atoms with Gasteiger partial charge in [0.1, 0.15) is 5.02 Å². The monoisotopic (exact) mass is 259 g/mol. The van der Waals surface area contributed by atoms with Crippen molar-refractivity contribution < 1.29 is 9.84 Å². The first-order valence-corrected chi connectivity index (χ1v) is 5.73. The Bertz CT molecular complexity index is 451. The van der Waals surface area contributed by atoms with Crippen molar-refractivity contribution in [3.8, 4) is 0 Å². The molecule has 2 rings (SSSR count). The molecule has 7 heteroatoms. The average molecular weight is 260 g/mol. The van der Waals surface area contributed by atoms with Crippen LogP contribution in [-0.4, -0.2) is 47.0 Å². The summed E-state index contributed by atoms with van der Waals surface area (Å²) in [6.07, 6.45) is 1.04. The van der Waals surface area contributed by atoms with Gasteiger partial charge < -0.3 is 19.7 Å². The number of H-pyrrole nitrogens is 1. The van der Waals surface area contributed by atoms with Crippen molar-refractivity contribution in [1.82, 2.24) is 9.97 Å². The number of ether oxygens (including phenoxy) is 1. The lowest BCUT2D eigenvalue weighted by molar-refractivity contribution is -0.0105. The fraction of sp³-hybridized carbons (Fsp3) is 0.600. The van der Waals surface area contributed by atoms with Gasteiger partial charge in [-0.1, -0.05) is 11.6 Å². The molecule has 0 spiro atoms. The van der Waals surface area contributed by atoms with Crippen LogP contribution in [0.25, 0.3) is 0 Å². The Morgan fingerprint density at radius 2 is 2.53 bits per heavy atom. The summed E-state index contributed by atoms with van der Waals surface area (Å²) in [5.41, 5.74) is -0.365. The smallest absolute Gasteiger partial charge is 0.271 e. The molecule has 0 radical (unpaired) electrons. The van der Waals surface area contributed by atoms with Gasteiger partial charge in [-0.25, -0.2) is 4.98 Å². The topological polar surface area (TPSA) is 78.5 Å². The predicted octanol–water partition coefficient (Wildman–Crippen LogP) is 0.00930. The molecule has 2 atom stereocenters. The standard InChI is InChI=1S/C10H14ClN3O3/c1-6-4-17-7(3-15)2-14(6)9-8(11)10(16)13-5-12-9/h5-7,15H,2-4H2,1H3,(H,12,13,16). The quantitative estimate of drug-likeness (QED) is 0.782. The van der Waals surface area contributed by atoms with Crippen LogP contribution in [0.15, 0.2) is 11.1 Å². The Hall–Kier alpha value is -1.11. The summed E-state index contributed by atoms with van der Waals surface area (Å²) in [5, 5.41) is 9.16. The highest BCUT2D eigenvalue weighted by molar-refractivity contribution is 6.32. The van der Waals surface area contributed by atoms with Crippen LogP contribution >= 0.6 is 11.6 Å². The minimum atomic E-state index is -0.365. The van der Waals surface area contributed by atoms with E-state index >= 15 is 0 Å². The van der Waals surface area contributed by atoms with E-state index in [4.69, 9.17) is 21.4 Å². The molecule has 2 N–H and O–H groups in total. The maximum Gasteiger partial charge on any atom is 0.271 e. The third-order valence-corrected chi connectivity index (χ3v) is 3.10. The SMILES string of the molecule is CC1COC(CO)CN1c1nc[nH]c(=O)c1Cl. The average Bonchev–Trinajstić information content (AvgIpc) is 2.34. The second-order valence-electron chi connectivity index (χ2n) is 4.01. The summed E-state index contributed by atoms with van der Waals surface area (Å²) in [6, 6.07) is 0.0598. The molecule has 0 amide bonds. The van der Waals surface area contributed by atoms with Crippen LogP contribution < -0.4 is 10.5 Å². The van der Waals surface area contributed by atoms with E-state index in [0.717, 1.165) is 0 Å². The number of aliphatic hydroxyl groups excluding tert-OH is 1. The van der Waals surface area contributed by atoms with Gasteiger partial charge in [-0.05, 0) is 6.92 Å². The molecular formula is C10H14ClN3O3. The fourth-order valence-corrected chi connectivity index (χ4v) is 2.01. The number of halogens is 1. The summed E-state index contributed by atoms with van der Waals surface area (Å²) >= 11 is 5.93.